The molecule has 2 aliphatic rings. The molecule has 0 unspecified atom stereocenters. The molecule has 112 valence electrons. The predicted molar refractivity (Wildman–Crippen MR) is 82.9 cm³/mol. The maximum absolute atomic E-state index is 12.2. The van der Waals surface area contributed by atoms with Gasteiger partial charge in [-0.3, -0.25) is 4.79 Å². The number of hydrogen-bond donors (Lipinski definition) is 1. The fourth-order valence-electron chi connectivity index (χ4n) is 2.81. The molecule has 0 spiro atoms. The summed E-state index contributed by atoms with van der Waals surface area (Å²) >= 11 is 3.68. The van der Waals surface area contributed by atoms with Gasteiger partial charge in [0.15, 0.2) is 0 Å². The topological polar surface area (TPSA) is 69.2 Å². The van der Waals surface area contributed by atoms with Crippen LogP contribution in [0.25, 0.3) is 0 Å². The Bertz CT molecular complexity index is 551. The molecule has 0 aromatic heterocycles. The van der Waals surface area contributed by atoms with E-state index in [9.17, 15) is 14.7 Å². The van der Waals surface area contributed by atoms with Crippen molar-refractivity contribution in [3.8, 4) is 0 Å². The molecule has 3 rings (SSSR count). The van der Waals surface area contributed by atoms with Gasteiger partial charge < -0.3 is 15.2 Å². The van der Waals surface area contributed by atoms with Crippen molar-refractivity contribution in [1.29, 1.82) is 0 Å². The van der Waals surface area contributed by atoms with Crippen LogP contribution in [0.2, 0.25) is 0 Å². The summed E-state index contributed by atoms with van der Waals surface area (Å²) < 4.78 is 0.391. The van der Waals surface area contributed by atoms with Gasteiger partial charge in [-0.15, -0.1) is 23.5 Å². The van der Waals surface area contributed by atoms with E-state index in [1.807, 2.05) is 29.6 Å². The maximum Gasteiger partial charge on any atom is 1.00 e. The summed E-state index contributed by atoms with van der Waals surface area (Å²) in [5.74, 6) is 0.388. The van der Waals surface area contributed by atoms with Gasteiger partial charge in [-0.1, -0.05) is 30.3 Å². The van der Waals surface area contributed by atoms with E-state index in [1.165, 1.54) is 0 Å². The molecular formula is C15H16NNaO3S2. The average Bonchev–Trinajstić information content (AvgIpc) is 3.06. The fraction of sp³-hybridized carbons (Fsp3) is 0.467. The number of benzene rings is 1. The van der Waals surface area contributed by atoms with Gasteiger partial charge in [0.05, 0.1) is 16.5 Å². The van der Waals surface area contributed by atoms with Crippen LogP contribution in [0.1, 0.15) is 12.0 Å². The molecule has 1 aromatic carbocycles. The van der Waals surface area contributed by atoms with Crippen LogP contribution in [-0.4, -0.2) is 34.5 Å². The Morgan fingerprint density at radius 2 is 1.86 bits per heavy atom. The molecule has 1 aliphatic carbocycles. The maximum atomic E-state index is 12.2. The Balaban J connectivity index is 0.00000176. The number of nitrogens with one attached hydrogen (secondary N) is 1. The van der Waals surface area contributed by atoms with Crippen LogP contribution in [0.5, 0.6) is 0 Å². The zero-order valence-electron chi connectivity index (χ0n) is 12.4. The molecule has 7 heteroatoms. The number of carboxylic acid groups (broad SMARTS) is 1. The van der Waals surface area contributed by atoms with Gasteiger partial charge in [-0.05, 0) is 12.0 Å². The molecule has 2 atom stereocenters. The molecule has 1 saturated carbocycles. The molecule has 22 heavy (non-hydrogen) atoms. The van der Waals surface area contributed by atoms with Gasteiger partial charge in [0, 0.05) is 23.5 Å². The first-order chi connectivity index (χ1) is 10.1. The quantitative estimate of drug-likeness (QED) is 0.604. The first kappa shape index (κ1) is 18.2. The van der Waals surface area contributed by atoms with Gasteiger partial charge in [-0.25, -0.2) is 0 Å². The second-order valence-electron chi connectivity index (χ2n) is 5.30. The third kappa shape index (κ3) is 3.51. The van der Waals surface area contributed by atoms with E-state index < -0.39 is 17.3 Å². The minimum absolute atomic E-state index is 0. The Hall–Kier alpha value is -0.140. The summed E-state index contributed by atoms with van der Waals surface area (Å²) in [7, 11) is 0. The first-order valence-electron chi connectivity index (χ1n) is 6.92. The van der Waals surface area contributed by atoms with Crippen LogP contribution < -0.4 is 40.0 Å². The normalized spacial score (nSPS) is 27.0. The van der Waals surface area contributed by atoms with E-state index in [1.54, 1.807) is 24.3 Å². The van der Waals surface area contributed by atoms with Gasteiger partial charge in [-0.2, -0.15) is 0 Å². The Morgan fingerprint density at radius 3 is 2.45 bits per heavy atom. The largest absolute Gasteiger partial charge is 1.00 e. The van der Waals surface area contributed by atoms with E-state index in [4.69, 9.17) is 0 Å². The summed E-state index contributed by atoms with van der Waals surface area (Å²) in [4.78, 5) is 23.8. The molecule has 1 aliphatic heterocycles. The van der Waals surface area contributed by atoms with Gasteiger partial charge in [0.2, 0.25) is 5.91 Å². The first-order valence-corrected chi connectivity index (χ1v) is 9.02. The summed E-state index contributed by atoms with van der Waals surface area (Å²) in [6.45, 7) is 0.600. The monoisotopic (exact) mass is 345 g/mol. The number of carbonyl (C=O) groups excluding carboxylic acids is 2. The molecule has 1 heterocycles. The number of carboxylic acids is 1. The molecule has 4 nitrogen and oxygen atoms in total. The summed E-state index contributed by atoms with van der Waals surface area (Å²) in [5, 5.41) is 14.5. The Kier molecular flexibility index (Phi) is 6.30. The van der Waals surface area contributed by atoms with Crippen LogP contribution in [0.15, 0.2) is 30.3 Å². The van der Waals surface area contributed by atoms with Crippen LogP contribution in [-0.2, 0) is 15.0 Å². The van der Waals surface area contributed by atoms with Crippen LogP contribution in [0, 0.1) is 5.92 Å². The fourth-order valence-corrected chi connectivity index (χ4v) is 5.47. The molecule has 1 aromatic rings. The van der Waals surface area contributed by atoms with Crippen molar-refractivity contribution >= 4 is 35.4 Å². The molecule has 1 N–H and O–H groups in total. The van der Waals surface area contributed by atoms with Crippen molar-refractivity contribution in [1.82, 2.24) is 5.32 Å². The van der Waals surface area contributed by atoms with E-state index in [0.29, 0.717) is 23.1 Å². The number of carbonyl (C=O) groups is 2. The number of hydrogen-bond acceptors (Lipinski definition) is 5. The number of amides is 1. The minimum atomic E-state index is -1.15. The zero-order valence-corrected chi connectivity index (χ0v) is 16.0. The molecule has 0 radical (unpaired) electrons. The zero-order chi connectivity index (χ0) is 14.9. The number of thioether (sulfide) groups is 2. The van der Waals surface area contributed by atoms with Gasteiger partial charge in [0.1, 0.15) is 0 Å². The second kappa shape index (κ2) is 7.62. The summed E-state index contributed by atoms with van der Waals surface area (Å²) in [5.41, 5.74) is -0.476. The van der Waals surface area contributed by atoms with E-state index in [2.05, 4.69) is 5.32 Å². The van der Waals surface area contributed by atoms with Crippen molar-refractivity contribution in [3.63, 3.8) is 0 Å². The van der Waals surface area contributed by atoms with Crippen molar-refractivity contribution in [2.24, 2.45) is 5.92 Å². The molecule has 1 saturated heterocycles. The van der Waals surface area contributed by atoms with Crippen molar-refractivity contribution in [3.05, 3.63) is 35.9 Å². The SMILES string of the molecule is O=C(NCC1SCCS1)[C@H]1C[C@]1(C(=O)[O-])c1ccccc1.[Na+]. The van der Waals surface area contributed by atoms with Gasteiger partial charge in [0.25, 0.3) is 0 Å². The molecule has 1 amide bonds. The van der Waals surface area contributed by atoms with Crippen molar-refractivity contribution < 1.29 is 44.3 Å². The minimum Gasteiger partial charge on any atom is -0.549 e. The molecule has 0 bridgehead atoms. The molecule has 2 fully saturated rings. The van der Waals surface area contributed by atoms with Crippen LogP contribution >= 0.6 is 23.5 Å². The average molecular weight is 345 g/mol. The predicted octanol–water partition coefficient (Wildman–Crippen LogP) is -2.38. The van der Waals surface area contributed by atoms with Crippen molar-refractivity contribution in [2.45, 2.75) is 16.4 Å². The van der Waals surface area contributed by atoms with E-state index in [-0.39, 0.29) is 35.5 Å². The Morgan fingerprint density at radius 1 is 1.23 bits per heavy atom. The van der Waals surface area contributed by atoms with Crippen LogP contribution in [0.4, 0.5) is 0 Å². The number of aliphatic carboxylic acids is 1. The number of rotatable bonds is 5. The second-order valence-corrected chi connectivity index (χ2v) is 8.22. The van der Waals surface area contributed by atoms with Gasteiger partial charge >= 0.3 is 29.6 Å². The third-order valence-electron chi connectivity index (χ3n) is 4.06. The Labute approximate surface area is 160 Å². The van der Waals surface area contributed by atoms with E-state index in [0.717, 1.165) is 11.5 Å². The summed E-state index contributed by atoms with van der Waals surface area (Å²) in [6.07, 6.45) is 0.329. The van der Waals surface area contributed by atoms with Crippen molar-refractivity contribution in [2.75, 3.05) is 18.1 Å². The smallest absolute Gasteiger partial charge is 0.549 e. The third-order valence-corrected chi connectivity index (χ3v) is 7.10. The van der Waals surface area contributed by atoms with Crippen LogP contribution in [0.3, 0.4) is 0 Å². The summed E-state index contributed by atoms with van der Waals surface area (Å²) in [6, 6.07) is 8.92. The standard InChI is InChI=1S/C15H17NO3S2.Na/c17-13(16-9-12-20-6-7-21-12)11-8-15(11,14(18)19)10-4-2-1-3-5-10;/h1-5,11-12H,6-9H2,(H,16,17)(H,18,19);/q;+1/p-1/t11-,15+;/m1./s1. The van der Waals surface area contributed by atoms with E-state index >= 15 is 0 Å². The molecular weight excluding hydrogens is 329 g/mol.